The van der Waals surface area contributed by atoms with Gasteiger partial charge in [-0.3, -0.25) is 13.9 Å². The molecular weight excluding hydrogens is 467 g/mol. The van der Waals surface area contributed by atoms with Gasteiger partial charge in [-0.05, 0) is 45.0 Å². The summed E-state index contributed by atoms with van der Waals surface area (Å²) in [6.45, 7) is 4.44. The van der Waals surface area contributed by atoms with Crippen molar-refractivity contribution in [3.8, 4) is 5.75 Å². The number of anilines is 1. The number of aliphatic hydroxyl groups is 1. The molecule has 34 heavy (non-hydrogen) atoms. The third-order valence-electron chi connectivity index (χ3n) is 4.45. The summed E-state index contributed by atoms with van der Waals surface area (Å²) in [4.78, 5) is 27.9. The standard InChI is InChI=1S/C21H27N4O8P/c1-13(2)31-20(27)14(3)24-34(29,33-15-7-5-4-6-8-15)30-12-16-11-17(26)19(32-16)25-10-9-18(22)23-21(25)28/h4-11,13-14,17,19,26H,12H2,1-3H3,(H,24,29)(H2,22,23,28)/t14-,17+,19+,34+/m0/s1. The molecular formula is C21H27N4O8P. The molecule has 0 saturated carbocycles. The molecule has 1 aliphatic heterocycles. The van der Waals surface area contributed by atoms with E-state index in [1.54, 1.807) is 44.2 Å². The molecule has 0 radical (unpaired) electrons. The van der Waals surface area contributed by atoms with Crippen LogP contribution in [0, 0.1) is 0 Å². The molecule has 0 bridgehead atoms. The lowest BCUT2D eigenvalue weighted by Gasteiger charge is -2.24. The van der Waals surface area contributed by atoms with E-state index in [9.17, 15) is 19.3 Å². The van der Waals surface area contributed by atoms with Gasteiger partial charge in [-0.25, -0.2) is 9.36 Å². The molecule has 184 valence electrons. The molecule has 0 unspecified atom stereocenters. The average Bonchev–Trinajstić information content (AvgIpc) is 3.13. The molecule has 0 fully saturated rings. The number of nitrogens with one attached hydrogen (secondary N) is 1. The zero-order chi connectivity index (χ0) is 24.9. The van der Waals surface area contributed by atoms with Gasteiger partial charge in [-0.1, -0.05) is 18.2 Å². The number of nitrogens with two attached hydrogens (primary N) is 1. The normalized spacial score (nSPS) is 20.2. The highest BCUT2D eigenvalue weighted by atomic mass is 31.2. The number of hydrogen-bond acceptors (Lipinski definition) is 10. The monoisotopic (exact) mass is 494 g/mol. The number of aromatic nitrogens is 2. The molecule has 0 spiro atoms. The molecule has 12 nitrogen and oxygen atoms in total. The summed E-state index contributed by atoms with van der Waals surface area (Å²) >= 11 is 0. The van der Waals surface area contributed by atoms with Crippen molar-refractivity contribution < 1.29 is 33.0 Å². The van der Waals surface area contributed by atoms with E-state index in [1.807, 2.05) is 0 Å². The van der Waals surface area contributed by atoms with Crippen molar-refractivity contribution in [2.24, 2.45) is 0 Å². The molecule has 13 heteroatoms. The number of para-hydroxylation sites is 1. The second kappa shape index (κ2) is 10.8. The number of rotatable bonds is 10. The summed E-state index contributed by atoms with van der Waals surface area (Å²) in [5.41, 5.74) is 4.78. The van der Waals surface area contributed by atoms with E-state index in [2.05, 4.69) is 10.1 Å². The van der Waals surface area contributed by atoms with Crippen LogP contribution >= 0.6 is 7.75 Å². The Morgan fingerprint density at radius 1 is 1.29 bits per heavy atom. The van der Waals surface area contributed by atoms with E-state index < -0.39 is 44.4 Å². The molecule has 1 aromatic carbocycles. The van der Waals surface area contributed by atoms with E-state index >= 15 is 0 Å². The van der Waals surface area contributed by atoms with Gasteiger partial charge in [0.2, 0.25) is 6.23 Å². The molecule has 0 aliphatic carbocycles. The smallest absolute Gasteiger partial charge is 0.459 e. The van der Waals surface area contributed by atoms with Crippen LogP contribution in [0.2, 0.25) is 0 Å². The van der Waals surface area contributed by atoms with Crippen molar-refractivity contribution in [2.45, 2.75) is 45.2 Å². The van der Waals surface area contributed by atoms with E-state index in [4.69, 9.17) is 24.3 Å². The van der Waals surface area contributed by atoms with Crippen molar-refractivity contribution in [1.29, 1.82) is 0 Å². The van der Waals surface area contributed by atoms with Crippen LogP contribution in [-0.4, -0.2) is 45.5 Å². The Kier molecular flexibility index (Phi) is 8.11. The topological polar surface area (TPSA) is 164 Å². The predicted octanol–water partition coefficient (Wildman–Crippen LogP) is 1.73. The zero-order valence-electron chi connectivity index (χ0n) is 18.9. The Balaban J connectivity index is 1.72. The molecule has 0 amide bonds. The minimum absolute atomic E-state index is 0.0282. The highest BCUT2D eigenvalue weighted by Gasteiger charge is 2.35. The van der Waals surface area contributed by atoms with Gasteiger partial charge in [0.15, 0.2) is 0 Å². The Labute approximate surface area is 195 Å². The van der Waals surface area contributed by atoms with Gasteiger partial charge in [0.05, 0.1) is 6.10 Å². The molecule has 2 heterocycles. The van der Waals surface area contributed by atoms with Crippen LogP contribution in [0.4, 0.5) is 5.82 Å². The van der Waals surface area contributed by atoms with Gasteiger partial charge in [0.25, 0.3) is 0 Å². The summed E-state index contributed by atoms with van der Waals surface area (Å²) in [5, 5.41) is 12.9. The van der Waals surface area contributed by atoms with Gasteiger partial charge >= 0.3 is 19.4 Å². The molecule has 1 aromatic heterocycles. The lowest BCUT2D eigenvalue weighted by atomic mass is 10.3. The van der Waals surface area contributed by atoms with Crippen molar-refractivity contribution in [1.82, 2.24) is 14.6 Å². The third-order valence-corrected chi connectivity index (χ3v) is 6.07. The maximum absolute atomic E-state index is 13.5. The fourth-order valence-electron chi connectivity index (χ4n) is 2.94. The summed E-state index contributed by atoms with van der Waals surface area (Å²) in [6.07, 6.45) is -0.0423. The second-order valence-corrected chi connectivity index (χ2v) is 9.38. The van der Waals surface area contributed by atoms with Crippen LogP contribution in [-0.2, 0) is 23.4 Å². The Morgan fingerprint density at radius 2 is 2.00 bits per heavy atom. The molecule has 4 N–H and O–H groups in total. The number of aliphatic hydroxyl groups excluding tert-OH is 1. The van der Waals surface area contributed by atoms with Crippen LogP contribution in [0.3, 0.4) is 0 Å². The fourth-order valence-corrected chi connectivity index (χ4v) is 4.40. The third kappa shape index (κ3) is 6.67. The number of benzene rings is 1. The summed E-state index contributed by atoms with van der Waals surface area (Å²) in [7, 11) is -4.13. The molecule has 3 rings (SSSR count). The summed E-state index contributed by atoms with van der Waals surface area (Å²) < 4.78 is 36.3. The highest BCUT2D eigenvalue weighted by Crippen LogP contribution is 2.45. The van der Waals surface area contributed by atoms with E-state index in [-0.39, 0.29) is 23.4 Å². The first-order valence-electron chi connectivity index (χ1n) is 10.4. The first-order chi connectivity index (χ1) is 16.1. The Hall–Kier alpha value is -3.18. The van der Waals surface area contributed by atoms with Crippen molar-refractivity contribution in [2.75, 3.05) is 12.3 Å². The molecule has 4 atom stereocenters. The van der Waals surface area contributed by atoms with Crippen LogP contribution in [0.25, 0.3) is 0 Å². The fraction of sp³-hybridized carbons (Fsp3) is 0.381. The van der Waals surface area contributed by atoms with Crippen LogP contribution in [0.15, 0.2) is 59.2 Å². The lowest BCUT2D eigenvalue weighted by Crippen LogP contribution is -2.36. The largest absolute Gasteiger partial charge is 0.469 e. The minimum atomic E-state index is -4.13. The maximum Gasteiger partial charge on any atom is 0.459 e. The lowest BCUT2D eigenvalue weighted by molar-refractivity contribution is -0.149. The van der Waals surface area contributed by atoms with Gasteiger partial charge in [-0.2, -0.15) is 10.1 Å². The molecule has 0 saturated heterocycles. The van der Waals surface area contributed by atoms with Crippen LogP contribution in [0.5, 0.6) is 5.75 Å². The molecule has 1 aliphatic rings. The van der Waals surface area contributed by atoms with Crippen LogP contribution in [0.1, 0.15) is 27.0 Å². The van der Waals surface area contributed by atoms with E-state index in [1.165, 1.54) is 25.3 Å². The second-order valence-electron chi connectivity index (χ2n) is 7.69. The average molecular weight is 494 g/mol. The van der Waals surface area contributed by atoms with E-state index in [0.29, 0.717) is 0 Å². The first kappa shape index (κ1) is 25.4. The van der Waals surface area contributed by atoms with Gasteiger partial charge < -0.3 is 24.8 Å². The number of esters is 1. The number of hydrogen-bond donors (Lipinski definition) is 3. The van der Waals surface area contributed by atoms with Crippen molar-refractivity contribution in [3.05, 3.63) is 64.9 Å². The van der Waals surface area contributed by atoms with Gasteiger partial charge in [0.1, 0.15) is 36.1 Å². The molecule has 2 aromatic rings. The first-order valence-corrected chi connectivity index (χ1v) is 12.0. The quantitative estimate of drug-likeness (QED) is 0.325. The number of carbonyl (C=O) groups is 1. The van der Waals surface area contributed by atoms with Crippen LogP contribution < -0.4 is 21.0 Å². The highest BCUT2D eigenvalue weighted by molar-refractivity contribution is 7.52. The van der Waals surface area contributed by atoms with Gasteiger partial charge in [-0.15, -0.1) is 0 Å². The maximum atomic E-state index is 13.5. The Morgan fingerprint density at radius 3 is 2.65 bits per heavy atom. The number of nitrogen functional groups attached to an aromatic ring is 1. The van der Waals surface area contributed by atoms with Crippen molar-refractivity contribution in [3.63, 3.8) is 0 Å². The zero-order valence-corrected chi connectivity index (χ0v) is 19.8. The Bertz CT molecular complexity index is 1140. The minimum Gasteiger partial charge on any atom is -0.469 e. The number of ether oxygens (including phenoxy) is 2. The number of carbonyl (C=O) groups excluding carboxylic acids is 1. The van der Waals surface area contributed by atoms with E-state index in [0.717, 1.165) is 4.57 Å². The number of nitrogens with zero attached hydrogens (tertiary/aromatic N) is 2. The van der Waals surface area contributed by atoms with Gasteiger partial charge in [0, 0.05) is 6.20 Å². The predicted molar refractivity (Wildman–Crippen MR) is 122 cm³/mol. The summed E-state index contributed by atoms with van der Waals surface area (Å²) in [5.74, 6) is -0.281. The SMILES string of the molecule is CC(C)OC(=O)[C@H](C)N[P@@](=O)(OCC1=C[C@@H](O)[C@H](n2ccc(N)nc2=O)O1)Oc1ccccc1. The summed E-state index contributed by atoms with van der Waals surface area (Å²) in [6, 6.07) is 8.61. The van der Waals surface area contributed by atoms with Crippen molar-refractivity contribution >= 4 is 19.5 Å².